The van der Waals surface area contributed by atoms with Gasteiger partial charge in [0.1, 0.15) is 0 Å². The third kappa shape index (κ3) is 0.883. The Hall–Kier alpha value is -1.15. The van der Waals surface area contributed by atoms with Crippen LogP contribution >= 0.6 is 11.6 Å². The molecule has 1 heterocycles. The first kappa shape index (κ1) is 7.50. The van der Waals surface area contributed by atoms with Crippen molar-refractivity contribution in [2.75, 3.05) is 5.84 Å². The van der Waals surface area contributed by atoms with Gasteiger partial charge in [-0.25, -0.2) is 0 Å². The van der Waals surface area contributed by atoms with Gasteiger partial charge >= 0.3 is 0 Å². The van der Waals surface area contributed by atoms with Gasteiger partial charge in [-0.05, 0) is 24.6 Å². The second kappa shape index (κ2) is 2.42. The molecule has 0 aliphatic heterocycles. The molecule has 0 amide bonds. The summed E-state index contributed by atoms with van der Waals surface area (Å²) in [5.74, 6) is 5.70. The van der Waals surface area contributed by atoms with Crippen LogP contribution in [-0.4, -0.2) is 4.68 Å². The fraction of sp³-hybridized carbons (Fsp3) is 0.111. The summed E-state index contributed by atoms with van der Waals surface area (Å²) in [5.41, 5.74) is 2.03. The average molecular weight is 181 g/mol. The van der Waals surface area contributed by atoms with Crippen LogP contribution in [-0.2, 0) is 0 Å². The fourth-order valence-corrected chi connectivity index (χ4v) is 1.56. The number of nitrogen functional groups attached to an aromatic ring is 1. The van der Waals surface area contributed by atoms with Gasteiger partial charge in [0.2, 0.25) is 0 Å². The number of nitrogens with zero attached hydrogens (tertiary/aromatic N) is 1. The van der Waals surface area contributed by atoms with Crippen molar-refractivity contribution < 1.29 is 0 Å². The second-order valence-corrected chi connectivity index (χ2v) is 3.24. The Labute approximate surface area is 75.5 Å². The summed E-state index contributed by atoms with van der Waals surface area (Å²) in [6.45, 7) is 1.97. The van der Waals surface area contributed by atoms with E-state index in [9.17, 15) is 0 Å². The minimum atomic E-state index is 0.757. The summed E-state index contributed by atoms with van der Waals surface area (Å²) in [6, 6.07) is 5.83. The quantitative estimate of drug-likeness (QED) is 0.620. The molecule has 0 aliphatic carbocycles. The number of hydrogen-bond acceptors (Lipinski definition) is 1. The zero-order valence-corrected chi connectivity index (χ0v) is 7.47. The summed E-state index contributed by atoms with van der Waals surface area (Å²) >= 11 is 5.95. The summed E-state index contributed by atoms with van der Waals surface area (Å²) in [5, 5.41) is 1.88. The van der Waals surface area contributed by atoms with Gasteiger partial charge in [-0.15, -0.1) is 0 Å². The Kier molecular flexibility index (Phi) is 1.51. The maximum atomic E-state index is 5.95. The molecule has 0 fully saturated rings. The summed E-state index contributed by atoms with van der Waals surface area (Å²) in [7, 11) is 0. The van der Waals surface area contributed by atoms with E-state index in [2.05, 4.69) is 0 Å². The lowest BCUT2D eigenvalue weighted by Gasteiger charge is -2.02. The molecule has 0 atom stereocenters. The average Bonchev–Trinajstić information content (AvgIpc) is 2.41. The molecule has 0 radical (unpaired) electrons. The van der Waals surface area contributed by atoms with Gasteiger partial charge in [-0.1, -0.05) is 17.7 Å². The number of fused-ring (bicyclic) bond motifs is 1. The number of nitrogens with two attached hydrogens (primary N) is 1. The summed E-state index contributed by atoms with van der Waals surface area (Å²) < 4.78 is 1.59. The lowest BCUT2D eigenvalue weighted by atomic mass is 10.2. The van der Waals surface area contributed by atoms with Gasteiger partial charge in [-0.3, -0.25) is 4.68 Å². The van der Waals surface area contributed by atoms with E-state index in [-0.39, 0.29) is 0 Å². The van der Waals surface area contributed by atoms with Crippen LogP contribution in [0.3, 0.4) is 0 Å². The van der Waals surface area contributed by atoms with Gasteiger partial charge in [-0.2, -0.15) is 0 Å². The standard InChI is InChI=1S/C9H9ClN2/c1-6-8(10)3-2-7-4-5-12(11)9(6)7/h2-5H,11H2,1H3. The lowest BCUT2D eigenvalue weighted by molar-refractivity contribution is 1.06. The largest absolute Gasteiger partial charge is 0.339 e. The molecule has 2 nitrogen and oxygen atoms in total. The van der Waals surface area contributed by atoms with E-state index in [1.165, 1.54) is 0 Å². The summed E-state index contributed by atoms with van der Waals surface area (Å²) in [4.78, 5) is 0. The van der Waals surface area contributed by atoms with Crippen LogP contribution in [0.25, 0.3) is 10.9 Å². The maximum Gasteiger partial charge on any atom is 0.0733 e. The third-order valence-corrected chi connectivity index (χ3v) is 2.48. The SMILES string of the molecule is Cc1c(Cl)ccc2ccn(N)c12. The Balaban J connectivity index is 2.96. The lowest BCUT2D eigenvalue weighted by Crippen LogP contribution is -2.06. The van der Waals surface area contributed by atoms with Gasteiger partial charge in [0.05, 0.1) is 5.52 Å². The molecule has 12 heavy (non-hydrogen) atoms. The maximum absolute atomic E-state index is 5.95. The summed E-state index contributed by atoms with van der Waals surface area (Å²) in [6.07, 6.45) is 1.83. The normalized spacial score (nSPS) is 10.8. The molecule has 3 heteroatoms. The molecule has 2 rings (SSSR count). The van der Waals surface area contributed by atoms with E-state index in [1.807, 2.05) is 31.3 Å². The highest BCUT2D eigenvalue weighted by molar-refractivity contribution is 6.32. The molecule has 1 aromatic heterocycles. The molecule has 2 aromatic rings. The first-order chi connectivity index (χ1) is 5.70. The van der Waals surface area contributed by atoms with Crippen molar-refractivity contribution >= 4 is 22.5 Å². The van der Waals surface area contributed by atoms with Gasteiger partial charge < -0.3 is 5.84 Å². The number of benzene rings is 1. The molecule has 0 saturated heterocycles. The van der Waals surface area contributed by atoms with Crippen LogP contribution in [0.4, 0.5) is 0 Å². The molecular formula is C9H9ClN2. The van der Waals surface area contributed by atoms with Crippen LogP contribution in [0.1, 0.15) is 5.56 Å². The Morgan fingerprint density at radius 1 is 1.33 bits per heavy atom. The first-order valence-electron chi connectivity index (χ1n) is 3.71. The second-order valence-electron chi connectivity index (χ2n) is 2.83. The molecule has 0 aliphatic rings. The van der Waals surface area contributed by atoms with Crippen molar-refractivity contribution in [3.05, 3.63) is 35.0 Å². The molecule has 0 bridgehead atoms. The molecule has 2 N–H and O–H groups in total. The van der Waals surface area contributed by atoms with Crippen LogP contribution in [0.5, 0.6) is 0 Å². The number of rotatable bonds is 0. The molecule has 1 aromatic carbocycles. The van der Waals surface area contributed by atoms with E-state index in [4.69, 9.17) is 17.4 Å². The minimum absolute atomic E-state index is 0.757. The Bertz CT molecular complexity index is 431. The van der Waals surface area contributed by atoms with E-state index in [0.29, 0.717) is 0 Å². The van der Waals surface area contributed by atoms with Crippen molar-refractivity contribution in [1.82, 2.24) is 4.68 Å². The van der Waals surface area contributed by atoms with Gasteiger partial charge in [0.15, 0.2) is 0 Å². The van der Waals surface area contributed by atoms with E-state index < -0.39 is 0 Å². The Morgan fingerprint density at radius 2 is 2.08 bits per heavy atom. The van der Waals surface area contributed by atoms with Gasteiger partial charge in [0, 0.05) is 16.6 Å². The predicted octanol–water partition coefficient (Wildman–Crippen LogP) is 2.32. The van der Waals surface area contributed by atoms with Crippen molar-refractivity contribution in [3.8, 4) is 0 Å². The number of aryl methyl sites for hydroxylation is 1. The molecular weight excluding hydrogens is 172 g/mol. The Morgan fingerprint density at radius 3 is 2.83 bits per heavy atom. The van der Waals surface area contributed by atoms with Crippen molar-refractivity contribution in [1.29, 1.82) is 0 Å². The van der Waals surface area contributed by atoms with Crippen molar-refractivity contribution in [2.45, 2.75) is 6.92 Å². The monoisotopic (exact) mass is 180 g/mol. The topological polar surface area (TPSA) is 30.9 Å². The third-order valence-electron chi connectivity index (χ3n) is 2.07. The fourth-order valence-electron chi connectivity index (χ4n) is 1.41. The van der Waals surface area contributed by atoms with E-state index >= 15 is 0 Å². The van der Waals surface area contributed by atoms with Crippen molar-refractivity contribution in [3.63, 3.8) is 0 Å². The highest BCUT2D eigenvalue weighted by Gasteiger charge is 2.04. The van der Waals surface area contributed by atoms with E-state index in [1.54, 1.807) is 4.68 Å². The highest BCUT2D eigenvalue weighted by Crippen LogP contribution is 2.24. The minimum Gasteiger partial charge on any atom is -0.339 e. The molecule has 0 unspecified atom stereocenters. The van der Waals surface area contributed by atoms with Crippen LogP contribution in [0, 0.1) is 6.92 Å². The number of hydrogen-bond donors (Lipinski definition) is 1. The van der Waals surface area contributed by atoms with Crippen LogP contribution in [0.15, 0.2) is 24.4 Å². The first-order valence-corrected chi connectivity index (χ1v) is 4.09. The van der Waals surface area contributed by atoms with Crippen LogP contribution < -0.4 is 5.84 Å². The molecule has 0 saturated carbocycles. The molecule has 62 valence electrons. The number of aromatic nitrogens is 1. The highest BCUT2D eigenvalue weighted by atomic mass is 35.5. The van der Waals surface area contributed by atoms with E-state index in [0.717, 1.165) is 21.5 Å². The smallest absolute Gasteiger partial charge is 0.0733 e. The van der Waals surface area contributed by atoms with Gasteiger partial charge in [0.25, 0.3) is 0 Å². The van der Waals surface area contributed by atoms with Crippen LogP contribution in [0.2, 0.25) is 5.02 Å². The van der Waals surface area contributed by atoms with Crippen molar-refractivity contribution in [2.24, 2.45) is 0 Å². The predicted molar refractivity (Wildman–Crippen MR) is 51.8 cm³/mol. The zero-order valence-electron chi connectivity index (χ0n) is 6.71. The zero-order chi connectivity index (χ0) is 8.72. The number of halogens is 1. The molecule has 0 spiro atoms.